The minimum Gasteiger partial charge on any atom is -0.396 e. The first-order chi connectivity index (χ1) is 17.8. The van der Waals surface area contributed by atoms with Crippen LogP contribution in [0.3, 0.4) is 0 Å². The predicted octanol–water partition coefficient (Wildman–Crippen LogP) is 4.81. The van der Waals surface area contributed by atoms with Gasteiger partial charge in [0.2, 0.25) is 0 Å². The zero-order chi connectivity index (χ0) is 24.6. The van der Waals surface area contributed by atoms with Crippen LogP contribution in [0.5, 0.6) is 0 Å². The fourth-order valence-corrected chi connectivity index (χ4v) is 4.89. The Morgan fingerprint density at radius 3 is 1.92 bits per heavy atom. The molecule has 2 aliphatic rings. The van der Waals surface area contributed by atoms with E-state index in [1.165, 1.54) is 0 Å². The molecule has 0 spiro atoms. The third-order valence-corrected chi connectivity index (χ3v) is 6.71. The SMILES string of the molecule is OCCCC1OC2COC(c3ccccc3)OC2C(OCc2ccccc2)C1OCc1ccccc1. The molecule has 0 amide bonds. The summed E-state index contributed by atoms with van der Waals surface area (Å²) in [5.41, 5.74) is 3.13. The van der Waals surface area contributed by atoms with Crippen molar-refractivity contribution in [1.82, 2.24) is 0 Å². The smallest absolute Gasteiger partial charge is 0.184 e. The van der Waals surface area contributed by atoms with Crippen LogP contribution in [0.25, 0.3) is 0 Å². The molecule has 5 rings (SSSR count). The van der Waals surface area contributed by atoms with Crippen molar-refractivity contribution in [3.05, 3.63) is 108 Å². The molecule has 2 fully saturated rings. The molecular formula is C30H34O6. The minimum absolute atomic E-state index is 0.0952. The van der Waals surface area contributed by atoms with Crippen molar-refractivity contribution >= 4 is 0 Å². The Balaban J connectivity index is 1.40. The number of hydrogen-bond acceptors (Lipinski definition) is 6. The lowest BCUT2D eigenvalue weighted by Crippen LogP contribution is -2.63. The third-order valence-electron chi connectivity index (χ3n) is 6.71. The van der Waals surface area contributed by atoms with E-state index in [1.807, 2.05) is 78.9 Å². The second-order valence-electron chi connectivity index (χ2n) is 9.28. The second kappa shape index (κ2) is 12.6. The topological polar surface area (TPSA) is 66.4 Å². The van der Waals surface area contributed by atoms with Gasteiger partial charge in [0.05, 0.1) is 25.9 Å². The van der Waals surface area contributed by atoms with E-state index in [1.54, 1.807) is 0 Å². The number of rotatable bonds is 10. The van der Waals surface area contributed by atoms with E-state index in [4.69, 9.17) is 23.7 Å². The van der Waals surface area contributed by atoms with Crippen molar-refractivity contribution in [2.75, 3.05) is 13.2 Å². The molecule has 2 aliphatic heterocycles. The average Bonchev–Trinajstić information content (AvgIpc) is 2.95. The molecule has 6 unspecified atom stereocenters. The molecule has 2 saturated heterocycles. The van der Waals surface area contributed by atoms with E-state index in [0.29, 0.717) is 32.7 Å². The standard InChI is InChI=1S/C30H34O6/c31-18-10-17-25-27(32-19-22-11-4-1-5-12-22)29(33-20-23-13-6-2-7-14-23)28-26(35-25)21-34-30(36-28)24-15-8-3-9-16-24/h1-9,11-16,25-31H,10,17-21H2. The first-order valence-electron chi connectivity index (χ1n) is 12.7. The summed E-state index contributed by atoms with van der Waals surface area (Å²) >= 11 is 0. The Hall–Kier alpha value is -2.58. The average molecular weight is 491 g/mol. The summed E-state index contributed by atoms with van der Waals surface area (Å²) in [6, 6.07) is 30.2. The van der Waals surface area contributed by atoms with Gasteiger partial charge < -0.3 is 28.8 Å². The van der Waals surface area contributed by atoms with E-state index in [9.17, 15) is 5.11 Å². The lowest BCUT2D eigenvalue weighted by Gasteiger charge is -2.49. The van der Waals surface area contributed by atoms with Crippen LogP contribution >= 0.6 is 0 Å². The molecule has 2 heterocycles. The molecule has 0 radical (unpaired) electrons. The zero-order valence-electron chi connectivity index (χ0n) is 20.4. The Labute approximate surface area is 212 Å². The van der Waals surface area contributed by atoms with Crippen LogP contribution in [0.15, 0.2) is 91.0 Å². The summed E-state index contributed by atoms with van der Waals surface area (Å²) in [4.78, 5) is 0. The van der Waals surface area contributed by atoms with Gasteiger partial charge in [0, 0.05) is 12.2 Å². The molecule has 190 valence electrons. The van der Waals surface area contributed by atoms with Gasteiger partial charge >= 0.3 is 0 Å². The van der Waals surface area contributed by atoms with Crippen molar-refractivity contribution in [2.45, 2.75) is 62.9 Å². The molecule has 1 N–H and O–H groups in total. The maximum atomic E-state index is 9.53. The molecular weight excluding hydrogens is 456 g/mol. The van der Waals surface area contributed by atoms with Gasteiger partial charge in [0.15, 0.2) is 6.29 Å². The van der Waals surface area contributed by atoms with Gasteiger partial charge in [-0.2, -0.15) is 0 Å². The van der Waals surface area contributed by atoms with Crippen LogP contribution in [0.4, 0.5) is 0 Å². The summed E-state index contributed by atoms with van der Waals surface area (Å²) in [6.45, 7) is 1.37. The van der Waals surface area contributed by atoms with Gasteiger partial charge in [-0.05, 0) is 24.0 Å². The van der Waals surface area contributed by atoms with Crippen molar-refractivity contribution in [1.29, 1.82) is 0 Å². The van der Waals surface area contributed by atoms with Gasteiger partial charge in [-0.3, -0.25) is 0 Å². The Bertz CT molecular complexity index is 1030. The fraction of sp³-hybridized carbons (Fsp3) is 0.400. The molecule has 3 aromatic carbocycles. The number of hydrogen-bond donors (Lipinski definition) is 1. The van der Waals surface area contributed by atoms with E-state index in [-0.39, 0.29) is 37.1 Å². The number of benzene rings is 3. The molecule has 6 atom stereocenters. The van der Waals surface area contributed by atoms with Crippen LogP contribution in [0.2, 0.25) is 0 Å². The molecule has 6 nitrogen and oxygen atoms in total. The lowest BCUT2D eigenvalue weighted by atomic mass is 9.91. The summed E-state index contributed by atoms with van der Waals surface area (Å²) < 4.78 is 32.2. The highest BCUT2D eigenvalue weighted by atomic mass is 16.7. The van der Waals surface area contributed by atoms with E-state index in [2.05, 4.69) is 12.1 Å². The molecule has 6 heteroatoms. The maximum Gasteiger partial charge on any atom is 0.184 e. The zero-order valence-corrected chi connectivity index (χ0v) is 20.4. The molecule has 0 saturated carbocycles. The highest BCUT2D eigenvalue weighted by Crippen LogP contribution is 2.38. The number of ether oxygens (including phenoxy) is 5. The van der Waals surface area contributed by atoms with Gasteiger partial charge in [-0.15, -0.1) is 0 Å². The normalized spacial score (nSPS) is 27.9. The van der Waals surface area contributed by atoms with Gasteiger partial charge in [-0.1, -0.05) is 91.0 Å². The Morgan fingerprint density at radius 1 is 0.722 bits per heavy atom. The highest BCUT2D eigenvalue weighted by Gasteiger charge is 2.51. The monoisotopic (exact) mass is 490 g/mol. The third kappa shape index (κ3) is 6.21. The van der Waals surface area contributed by atoms with Crippen LogP contribution in [0, 0.1) is 0 Å². The first-order valence-corrected chi connectivity index (χ1v) is 12.7. The number of aliphatic hydroxyl groups is 1. The van der Waals surface area contributed by atoms with E-state index < -0.39 is 6.29 Å². The predicted molar refractivity (Wildman–Crippen MR) is 135 cm³/mol. The number of fused-ring (bicyclic) bond motifs is 1. The van der Waals surface area contributed by atoms with Crippen LogP contribution in [0.1, 0.15) is 35.8 Å². The molecule has 0 aromatic heterocycles. The van der Waals surface area contributed by atoms with Crippen LogP contribution in [-0.4, -0.2) is 48.8 Å². The van der Waals surface area contributed by atoms with E-state index >= 15 is 0 Å². The summed E-state index contributed by atoms with van der Waals surface area (Å²) in [5.74, 6) is 0. The van der Waals surface area contributed by atoms with Crippen molar-refractivity contribution in [3.63, 3.8) is 0 Å². The Kier molecular flexibility index (Phi) is 8.77. The second-order valence-corrected chi connectivity index (χ2v) is 9.28. The molecule has 0 aliphatic carbocycles. The summed E-state index contributed by atoms with van der Waals surface area (Å²) in [6.07, 6.45) is -0.849. The van der Waals surface area contributed by atoms with Crippen LogP contribution < -0.4 is 0 Å². The highest BCUT2D eigenvalue weighted by molar-refractivity contribution is 5.17. The van der Waals surface area contributed by atoms with Gasteiger partial charge in [0.25, 0.3) is 0 Å². The summed E-state index contributed by atoms with van der Waals surface area (Å²) in [5, 5.41) is 9.53. The van der Waals surface area contributed by atoms with E-state index in [0.717, 1.165) is 16.7 Å². The van der Waals surface area contributed by atoms with Crippen LogP contribution in [-0.2, 0) is 36.9 Å². The van der Waals surface area contributed by atoms with Crippen molar-refractivity contribution < 1.29 is 28.8 Å². The number of aliphatic hydroxyl groups excluding tert-OH is 1. The van der Waals surface area contributed by atoms with Crippen molar-refractivity contribution in [2.24, 2.45) is 0 Å². The Morgan fingerprint density at radius 2 is 1.31 bits per heavy atom. The fourth-order valence-electron chi connectivity index (χ4n) is 4.89. The maximum absolute atomic E-state index is 9.53. The summed E-state index contributed by atoms with van der Waals surface area (Å²) in [7, 11) is 0. The first kappa shape index (κ1) is 25.1. The lowest BCUT2D eigenvalue weighted by molar-refractivity contribution is -0.340. The largest absolute Gasteiger partial charge is 0.396 e. The quantitative estimate of drug-likeness (QED) is 0.440. The molecule has 0 bridgehead atoms. The molecule has 36 heavy (non-hydrogen) atoms. The minimum atomic E-state index is -0.498. The molecule has 3 aromatic rings. The van der Waals surface area contributed by atoms with Gasteiger partial charge in [0.1, 0.15) is 24.4 Å². The van der Waals surface area contributed by atoms with Gasteiger partial charge in [-0.25, -0.2) is 0 Å². The van der Waals surface area contributed by atoms with Crippen molar-refractivity contribution in [3.8, 4) is 0 Å².